The number of anilines is 2. The van der Waals surface area contributed by atoms with Gasteiger partial charge in [0.25, 0.3) is 0 Å². The summed E-state index contributed by atoms with van der Waals surface area (Å²) in [6.45, 7) is 1.29. The van der Waals surface area contributed by atoms with Crippen LogP contribution in [0.1, 0.15) is 17.3 Å². The Morgan fingerprint density at radius 1 is 1.20 bits per heavy atom. The lowest BCUT2D eigenvalue weighted by atomic mass is 10.2. The van der Waals surface area contributed by atoms with Crippen LogP contribution in [0.3, 0.4) is 0 Å². The molecule has 25 heavy (non-hydrogen) atoms. The summed E-state index contributed by atoms with van der Waals surface area (Å²) in [5, 5.41) is 3.16. The quantitative estimate of drug-likeness (QED) is 0.719. The third-order valence-electron chi connectivity index (χ3n) is 3.52. The molecular weight excluding hydrogens is 347 g/mol. The van der Waals surface area contributed by atoms with E-state index in [1.165, 1.54) is 53.5 Å². The maximum Gasteiger partial charge on any atom is 0.347 e. The third kappa shape index (κ3) is 3.43. The van der Waals surface area contributed by atoms with Gasteiger partial charge in [0.1, 0.15) is 16.4 Å². The standard InChI is InChI=1S/C17H13FN2O4S/c1-9(21)12-7-14-13(24-16(12)22)8-15(25-14)20(2)17(23)19-11-5-3-10(18)4-6-11/h3-8H,1-2H3,(H,19,23). The Bertz CT molecular complexity index is 1020. The Morgan fingerprint density at radius 2 is 1.88 bits per heavy atom. The highest BCUT2D eigenvalue weighted by molar-refractivity contribution is 7.22. The van der Waals surface area contributed by atoms with Crippen molar-refractivity contribution in [3.05, 3.63) is 58.2 Å². The molecule has 8 heteroatoms. The van der Waals surface area contributed by atoms with Gasteiger partial charge < -0.3 is 9.73 Å². The number of nitrogens with zero attached hydrogens (tertiary/aromatic N) is 1. The van der Waals surface area contributed by atoms with E-state index in [0.29, 0.717) is 21.0 Å². The molecule has 128 valence electrons. The van der Waals surface area contributed by atoms with Crippen LogP contribution in [0.2, 0.25) is 0 Å². The number of rotatable bonds is 3. The summed E-state index contributed by atoms with van der Waals surface area (Å²) in [7, 11) is 1.55. The minimum atomic E-state index is -0.706. The molecule has 0 fully saturated rings. The van der Waals surface area contributed by atoms with E-state index in [9.17, 15) is 18.8 Å². The minimum Gasteiger partial charge on any atom is -0.421 e. The number of carbonyl (C=O) groups excluding carboxylic acids is 2. The lowest BCUT2D eigenvalue weighted by molar-refractivity contribution is 0.101. The summed E-state index contributed by atoms with van der Waals surface area (Å²) in [5.74, 6) is -0.778. The van der Waals surface area contributed by atoms with Gasteiger partial charge in [-0.1, -0.05) is 0 Å². The number of hydrogen-bond donors (Lipinski definition) is 1. The van der Waals surface area contributed by atoms with Crippen LogP contribution in [0.25, 0.3) is 10.3 Å². The number of thiophene rings is 1. The summed E-state index contributed by atoms with van der Waals surface area (Å²) >= 11 is 1.21. The number of ketones is 1. The molecule has 0 atom stereocenters. The number of benzene rings is 1. The molecule has 0 aliphatic carbocycles. The molecule has 3 aromatic rings. The zero-order valence-corrected chi connectivity index (χ0v) is 14.1. The van der Waals surface area contributed by atoms with Gasteiger partial charge >= 0.3 is 11.7 Å². The van der Waals surface area contributed by atoms with E-state index in [4.69, 9.17) is 4.42 Å². The number of amides is 2. The van der Waals surface area contributed by atoms with Crippen molar-refractivity contribution in [2.24, 2.45) is 0 Å². The molecule has 2 heterocycles. The molecule has 6 nitrogen and oxygen atoms in total. The van der Waals surface area contributed by atoms with E-state index in [2.05, 4.69) is 5.32 Å². The molecule has 0 saturated carbocycles. The Balaban J connectivity index is 1.87. The summed E-state index contributed by atoms with van der Waals surface area (Å²) in [4.78, 5) is 36.8. The van der Waals surface area contributed by atoms with Crippen molar-refractivity contribution in [3.63, 3.8) is 0 Å². The fourth-order valence-electron chi connectivity index (χ4n) is 2.15. The molecule has 1 N–H and O–H groups in total. The van der Waals surface area contributed by atoms with Gasteiger partial charge in [-0.05, 0) is 37.3 Å². The topological polar surface area (TPSA) is 79.6 Å². The monoisotopic (exact) mass is 360 g/mol. The van der Waals surface area contributed by atoms with Crippen molar-refractivity contribution in [1.29, 1.82) is 0 Å². The van der Waals surface area contributed by atoms with Crippen molar-refractivity contribution in [1.82, 2.24) is 0 Å². The number of halogens is 1. The van der Waals surface area contributed by atoms with Crippen molar-refractivity contribution in [3.8, 4) is 0 Å². The van der Waals surface area contributed by atoms with Gasteiger partial charge in [0.15, 0.2) is 11.4 Å². The smallest absolute Gasteiger partial charge is 0.347 e. The average Bonchev–Trinajstić information content (AvgIpc) is 2.97. The van der Waals surface area contributed by atoms with Crippen molar-refractivity contribution < 1.29 is 18.4 Å². The first-order valence-electron chi connectivity index (χ1n) is 7.24. The van der Waals surface area contributed by atoms with Crippen LogP contribution in [-0.2, 0) is 0 Å². The number of carbonyl (C=O) groups is 2. The lowest BCUT2D eigenvalue weighted by Gasteiger charge is -2.15. The van der Waals surface area contributed by atoms with Gasteiger partial charge in [0.05, 0.1) is 4.70 Å². The Morgan fingerprint density at radius 3 is 2.52 bits per heavy atom. The zero-order valence-electron chi connectivity index (χ0n) is 13.3. The van der Waals surface area contributed by atoms with Gasteiger partial charge in [-0.3, -0.25) is 9.69 Å². The predicted octanol–water partition coefficient (Wildman–Crippen LogP) is 3.86. The Hall–Kier alpha value is -3.00. The minimum absolute atomic E-state index is 0.0284. The SMILES string of the molecule is CC(=O)c1cc2sc(N(C)C(=O)Nc3ccc(F)cc3)cc2oc1=O. The molecule has 3 rings (SSSR count). The zero-order chi connectivity index (χ0) is 18.1. The van der Waals surface area contributed by atoms with Crippen LogP contribution in [0.15, 0.2) is 45.6 Å². The number of hydrogen-bond acceptors (Lipinski definition) is 5. The lowest BCUT2D eigenvalue weighted by Crippen LogP contribution is -2.30. The van der Waals surface area contributed by atoms with Crippen molar-refractivity contribution in [2.45, 2.75) is 6.92 Å². The third-order valence-corrected chi connectivity index (χ3v) is 4.66. The second-order valence-electron chi connectivity index (χ2n) is 5.31. The highest BCUT2D eigenvalue weighted by Crippen LogP contribution is 2.32. The van der Waals surface area contributed by atoms with Gasteiger partial charge in [-0.15, -0.1) is 11.3 Å². The van der Waals surface area contributed by atoms with Crippen LogP contribution in [0, 0.1) is 5.82 Å². The van der Waals surface area contributed by atoms with Gasteiger partial charge in [-0.25, -0.2) is 14.0 Å². The second-order valence-corrected chi connectivity index (χ2v) is 6.38. The molecule has 1 aromatic carbocycles. The van der Waals surface area contributed by atoms with Crippen LogP contribution in [0.5, 0.6) is 0 Å². The molecule has 0 unspecified atom stereocenters. The Labute approximate surface area is 145 Å². The molecule has 2 amide bonds. The maximum atomic E-state index is 12.9. The number of fused-ring (bicyclic) bond motifs is 1. The van der Waals surface area contributed by atoms with Crippen LogP contribution >= 0.6 is 11.3 Å². The average molecular weight is 360 g/mol. The fraction of sp³-hybridized carbons (Fsp3) is 0.118. The highest BCUT2D eigenvalue weighted by atomic mass is 32.1. The molecule has 0 bridgehead atoms. The van der Waals surface area contributed by atoms with Gasteiger partial charge in [0, 0.05) is 18.8 Å². The molecule has 0 spiro atoms. The first-order valence-corrected chi connectivity index (χ1v) is 8.05. The number of Topliss-reactive ketones (excluding diaryl/α,β-unsaturated/α-hetero) is 1. The van der Waals surface area contributed by atoms with Gasteiger partial charge in [0.2, 0.25) is 0 Å². The Kier molecular flexibility index (Phi) is 4.37. The van der Waals surface area contributed by atoms with Crippen molar-refractivity contribution >= 4 is 44.1 Å². The number of urea groups is 1. The first kappa shape index (κ1) is 16.8. The van der Waals surface area contributed by atoms with E-state index in [1.807, 2.05) is 0 Å². The predicted molar refractivity (Wildman–Crippen MR) is 94.2 cm³/mol. The summed E-state index contributed by atoms with van der Waals surface area (Å²) in [5.41, 5.74) is 0.0169. The van der Waals surface area contributed by atoms with E-state index in [0.717, 1.165) is 0 Å². The van der Waals surface area contributed by atoms with Crippen molar-refractivity contribution in [2.75, 3.05) is 17.3 Å². The summed E-state index contributed by atoms with van der Waals surface area (Å²) in [6, 6.07) is 7.96. The molecule has 0 saturated heterocycles. The highest BCUT2D eigenvalue weighted by Gasteiger charge is 2.17. The van der Waals surface area contributed by atoms with E-state index >= 15 is 0 Å². The first-order chi connectivity index (χ1) is 11.8. The molecule has 2 aromatic heterocycles. The fourth-order valence-corrected chi connectivity index (χ4v) is 3.14. The van der Waals surface area contributed by atoms with Crippen LogP contribution in [-0.4, -0.2) is 18.9 Å². The van der Waals surface area contributed by atoms with E-state index in [1.54, 1.807) is 13.1 Å². The number of nitrogens with one attached hydrogen (secondary N) is 1. The van der Waals surface area contributed by atoms with E-state index in [-0.39, 0.29) is 11.3 Å². The summed E-state index contributed by atoms with van der Waals surface area (Å²) in [6.07, 6.45) is 0. The normalized spacial score (nSPS) is 10.7. The molecule has 0 aliphatic heterocycles. The van der Waals surface area contributed by atoms with Crippen LogP contribution in [0.4, 0.5) is 19.9 Å². The van der Waals surface area contributed by atoms with E-state index < -0.39 is 17.5 Å². The maximum absolute atomic E-state index is 12.9. The summed E-state index contributed by atoms with van der Waals surface area (Å²) < 4.78 is 18.6. The molecular formula is C17H13FN2O4S. The molecule has 0 aliphatic rings. The van der Waals surface area contributed by atoms with Crippen LogP contribution < -0.4 is 15.8 Å². The molecule has 0 radical (unpaired) electrons. The van der Waals surface area contributed by atoms with Gasteiger partial charge in [-0.2, -0.15) is 0 Å². The largest absolute Gasteiger partial charge is 0.421 e. The second kappa shape index (κ2) is 6.48.